The summed E-state index contributed by atoms with van der Waals surface area (Å²) in [5.74, 6) is 1.46. The second-order valence-corrected chi connectivity index (χ2v) is 7.74. The number of aliphatic imine (C=N–C) groups is 1. The topological polar surface area (TPSA) is 82.8 Å². The highest BCUT2D eigenvalue weighted by Gasteiger charge is 2.33. The van der Waals surface area contributed by atoms with Crippen molar-refractivity contribution < 1.29 is 14.3 Å². The van der Waals surface area contributed by atoms with Crippen LogP contribution in [0.15, 0.2) is 21.9 Å². The van der Waals surface area contributed by atoms with Crippen LogP contribution in [0, 0.1) is 11.8 Å². The van der Waals surface area contributed by atoms with E-state index in [4.69, 9.17) is 14.5 Å². The van der Waals surface area contributed by atoms with Gasteiger partial charge in [0.1, 0.15) is 17.3 Å². The zero-order valence-electron chi connectivity index (χ0n) is 17.1. The van der Waals surface area contributed by atoms with Gasteiger partial charge < -0.3 is 9.47 Å². The molecule has 0 amide bonds. The normalized spacial score (nSPS) is 20.0. The van der Waals surface area contributed by atoms with Gasteiger partial charge in [-0.25, -0.2) is 4.99 Å². The molecule has 1 unspecified atom stereocenters. The van der Waals surface area contributed by atoms with E-state index < -0.39 is 0 Å². The van der Waals surface area contributed by atoms with Crippen LogP contribution >= 0.6 is 0 Å². The molecule has 0 N–H and O–H groups in total. The number of rotatable bonds is 4. The SMILES string of the molecule is CCOC1=N/C(=C\C(C)C)c2nc3c(c(=O)n2C1CC(C)C)C=CC(=O)CO3. The number of ether oxygens (including phenoxy) is 2. The zero-order valence-corrected chi connectivity index (χ0v) is 17.1. The fraction of sp³-hybridized carbons (Fsp3) is 0.524. The summed E-state index contributed by atoms with van der Waals surface area (Å²) in [6.07, 6.45) is 5.50. The van der Waals surface area contributed by atoms with Crippen LogP contribution in [0.25, 0.3) is 11.8 Å². The minimum Gasteiger partial charge on any atom is -0.480 e. The molecule has 1 atom stereocenters. The van der Waals surface area contributed by atoms with Crippen LogP contribution in [0.1, 0.15) is 58.5 Å². The van der Waals surface area contributed by atoms with Crippen molar-refractivity contribution >= 4 is 23.5 Å². The van der Waals surface area contributed by atoms with Crippen LogP contribution in [0.5, 0.6) is 5.88 Å². The first-order valence-corrected chi connectivity index (χ1v) is 9.75. The lowest BCUT2D eigenvalue weighted by Gasteiger charge is -2.30. The van der Waals surface area contributed by atoms with Gasteiger partial charge in [0.05, 0.1) is 6.61 Å². The van der Waals surface area contributed by atoms with E-state index in [1.165, 1.54) is 12.2 Å². The average Bonchev–Trinajstić information content (AvgIpc) is 2.80. The van der Waals surface area contributed by atoms with Gasteiger partial charge in [0.15, 0.2) is 18.2 Å². The first-order chi connectivity index (χ1) is 13.3. The number of hydrogen-bond donors (Lipinski definition) is 0. The van der Waals surface area contributed by atoms with Crippen molar-refractivity contribution in [2.75, 3.05) is 13.2 Å². The standard InChI is InChI=1S/C21H27N3O4/c1-6-27-20-17(10-13(4)5)24-18(16(22-20)9-12(2)3)23-19-15(21(24)26)8-7-14(25)11-28-19/h7-9,12-13,17H,6,10-11H2,1-5H3/b16-9-. The van der Waals surface area contributed by atoms with Crippen molar-refractivity contribution in [1.29, 1.82) is 0 Å². The number of ketones is 1. The van der Waals surface area contributed by atoms with Crippen molar-refractivity contribution in [3.63, 3.8) is 0 Å². The Morgan fingerprint density at radius 1 is 1.29 bits per heavy atom. The van der Waals surface area contributed by atoms with Gasteiger partial charge in [-0.1, -0.05) is 33.8 Å². The molecule has 0 fully saturated rings. The molecule has 0 aliphatic carbocycles. The Kier molecular flexibility index (Phi) is 5.82. The maximum atomic E-state index is 13.4. The van der Waals surface area contributed by atoms with E-state index in [9.17, 15) is 9.59 Å². The third kappa shape index (κ3) is 3.93. The molecule has 3 rings (SSSR count). The van der Waals surface area contributed by atoms with E-state index in [1.54, 1.807) is 4.57 Å². The number of allylic oxidation sites excluding steroid dienone is 1. The van der Waals surface area contributed by atoms with Crippen molar-refractivity contribution in [2.24, 2.45) is 16.8 Å². The minimum absolute atomic E-state index is 0.133. The zero-order chi connectivity index (χ0) is 20.4. The molecule has 0 saturated carbocycles. The minimum atomic E-state index is -0.350. The molecular weight excluding hydrogens is 358 g/mol. The van der Waals surface area contributed by atoms with Crippen LogP contribution in [0.2, 0.25) is 0 Å². The summed E-state index contributed by atoms with van der Waals surface area (Å²) in [7, 11) is 0. The van der Waals surface area contributed by atoms with E-state index in [2.05, 4.69) is 18.8 Å². The number of fused-ring (bicyclic) bond motifs is 2. The third-order valence-electron chi connectivity index (χ3n) is 4.44. The van der Waals surface area contributed by atoms with E-state index in [1.807, 2.05) is 26.8 Å². The van der Waals surface area contributed by atoms with Crippen molar-refractivity contribution in [2.45, 2.75) is 47.1 Å². The maximum absolute atomic E-state index is 13.4. The molecule has 0 radical (unpaired) electrons. The van der Waals surface area contributed by atoms with Crippen LogP contribution in [0.4, 0.5) is 0 Å². The van der Waals surface area contributed by atoms with E-state index >= 15 is 0 Å². The van der Waals surface area contributed by atoms with Gasteiger partial charge in [-0.15, -0.1) is 0 Å². The van der Waals surface area contributed by atoms with Crippen molar-refractivity contribution in [3.05, 3.63) is 33.9 Å². The molecule has 0 aromatic carbocycles. The van der Waals surface area contributed by atoms with Crippen molar-refractivity contribution in [1.82, 2.24) is 9.55 Å². The van der Waals surface area contributed by atoms with Crippen LogP contribution < -0.4 is 10.3 Å². The molecule has 7 heteroatoms. The molecule has 1 aromatic heterocycles. The average molecular weight is 385 g/mol. The lowest BCUT2D eigenvalue weighted by molar-refractivity contribution is -0.116. The molecule has 2 aliphatic rings. The van der Waals surface area contributed by atoms with E-state index in [-0.39, 0.29) is 41.4 Å². The molecule has 0 bridgehead atoms. The monoisotopic (exact) mass is 385 g/mol. The number of carbonyl (C=O) groups excluding carboxylic acids is 1. The van der Waals surface area contributed by atoms with Crippen molar-refractivity contribution in [3.8, 4) is 5.88 Å². The molecule has 150 valence electrons. The van der Waals surface area contributed by atoms with E-state index in [0.717, 1.165) is 0 Å². The Balaban J connectivity index is 2.28. The predicted molar refractivity (Wildman–Crippen MR) is 108 cm³/mol. The van der Waals surface area contributed by atoms with Gasteiger partial charge in [-0.2, -0.15) is 4.98 Å². The number of nitrogens with zero attached hydrogens (tertiary/aromatic N) is 3. The van der Waals surface area contributed by atoms with Gasteiger partial charge in [0.25, 0.3) is 5.56 Å². The Morgan fingerprint density at radius 2 is 2.04 bits per heavy atom. The highest BCUT2D eigenvalue weighted by atomic mass is 16.5. The van der Waals surface area contributed by atoms with Gasteiger partial charge in [-0.3, -0.25) is 14.2 Å². The van der Waals surface area contributed by atoms with Gasteiger partial charge in [0, 0.05) is 0 Å². The highest BCUT2D eigenvalue weighted by Crippen LogP contribution is 2.32. The van der Waals surface area contributed by atoms with Gasteiger partial charge in [0.2, 0.25) is 11.8 Å². The molecule has 2 aliphatic heterocycles. The van der Waals surface area contributed by atoms with Gasteiger partial charge in [-0.05, 0) is 37.3 Å². The smallest absolute Gasteiger partial charge is 0.265 e. The fourth-order valence-electron chi connectivity index (χ4n) is 3.32. The van der Waals surface area contributed by atoms with Crippen LogP contribution in [0.3, 0.4) is 0 Å². The quantitative estimate of drug-likeness (QED) is 0.794. The Morgan fingerprint density at radius 3 is 2.68 bits per heavy atom. The molecule has 1 aromatic rings. The Labute approximate surface area is 164 Å². The highest BCUT2D eigenvalue weighted by molar-refractivity contribution is 5.96. The van der Waals surface area contributed by atoms with E-state index in [0.29, 0.717) is 36.4 Å². The second kappa shape index (κ2) is 8.12. The molecule has 0 saturated heterocycles. The Hall–Kier alpha value is -2.70. The number of carbonyl (C=O) groups is 1. The fourth-order valence-corrected chi connectivity index (χ4v) is 3.32. The van der Waals surface area contributed by atoms with Gasteiger partial charge >= 0.3 is 0 Å². The molecule has 7 nitrogen and oxygen atoms in total. The lowest BCUT2D eigenvalue weighted by atomic mass is 10.0. The summed E-state index contributed by atoms with van der Waals surface area (Å²) >= 11 is 0. The third-order valence-corrected chi connectivity index (χ3v) is 4.44. The summed E-state index contributed by atoms with van der Waals surface area (Å²) in [5.41, 5.74) is 0.616. The Bertz CT molecular complexity index is 922. The predicted octanol–water partition coefficient (Wildman–Crippen LogP) is 3.25. The molecule has 3 heterocycles. The molecule has 28 heavy (non-hydrogen) atoms. The number of hydrogen-bond acceptors (Lipinski definition) is 6. The summed E-state index contributed by atoms with van der Waals surface area (Å²) in [6.45, 7) is 10.5. The first-order valence-electron chi connectivity index (χ1n) is 9.75. The summed E-state index contributed by atoms with van der Waals surface area (Å²) < 4.78 is 13.0. The lowest BCUT2D eigenvalue weighted by Crippen LogP contribution is -2.38. The first kappa shape index (κ1) is 20.0. The maximum Gasteiger partial charge on any atom is 0.265 e. The largest absolute Gasteiger partial charge is 0.480 e. The summed E-state index contributed by atoms with van der Waals surface area (Å²) in [6, 6.07) is -0.350. The summed E-state index contributed by atoms with van der Waals surface area (Å²) in [5, 5.41) is 0. The van der Waals surface area contributed by atoms with Crippen LogP contribution in [-0.4, -0.2) is 34.4 Å². The molecular formula is C21H27N3O4. The number of aromatic nitrogens is 2. The van der Waals surface area contributed by atoms with Crippen LogP contribution in [-0.2, 0) is 9.53 Å². The second-order valence-electron chi connectivity index (χ2n) is 7.74. The summed E-state index contributed by atoms with van der Waals surface area (Å²) in [4.78, 5) is 34.5. The molecule has 0 spiro atoms.